The van der Waals surface area contributed by atoms with Crippen molar-refractivity contribution in [3.05, 3.63) is 148 Å². The minimum Gasteiger partial charge on any atom is -0.464 e. The summed E-state index contributed by atoms with van der Waals surface area (Å²) < 4.78 is 40.3. The molecule has 6 rings (SSSR count). The standard InChI is InChI=1S/C23H31N6O9PS.C14H21ClNO3PS.C9H11N5O6/c1-14(20(33)35-12-22(2,3)4)26-39(40,38-15-8-6-5-7-9-15)36-13-23(27-28-24)18(32)17(31)19(37-23)29-11-10-16(30)25-21(29)34;1-11(13(17)18-10-14(2,3)4)16-20(15,21)19-12-8-6-5-7-9-12;10-13-12-9(3-15)6(18)5(17)7(20-9)14-2-1-4(16)11-8(14)19/h5-11,14,17-19,31-32H,12-13H2,1-4H3,(H,26,40)(H,25,30,34);5-9,11H,10H2,1-4H3,(H,16,21);1-2,5-7,15,17-18H,3H2,(H,11,16,19)/t14-,17+,18-,19+,23+,39?;11-,20?;5-,6+,7-,9-/m001/s1. The number of carbonyl (C=O) groups is 2. The van der Waals surface area contributed by atoms with Crippen LogP contribution in [0.5, 0.6) is 11.5 Å². The van der Waals surface area contributed by atoms with Crippen molar-refractivity contribution in [1.82, 2.24) is 29.3 Å². The molecular weight excluding hydrogens is 1170 g/mol. The Kier molecular flexibility index (Phi) is 24.1. The minimum absolute atomic E-state index is 0.0862. The molecule has 2 saturated heterocycles. The number of nitrogens with one attached hydrogen (secondary N) is 4. The van der Waals surface area contributed by atoms with Crippen molar-refractivity contribution < 1.29 is 67.6 Å². The molecule has 444 valence electrons. The number of rotatable bonds is 20. The van der Waals surface area contributed by atoms with Crippen LogP contribution in [0.15, 0.2) is 115 Å². The minimum atomic E-state index is -3.68. The highest BCUT2D eigenvalue weighted by Gasteiger charge is 2.57. The topological polar surface area (TPSA) is 431 Å². The monoisotopic (exact) mass is 1230 g/mol. The number of para-hydroxylation sites is 2. The van der Waals surface area contributed by atoms with Crippen molar-refractivity contribution in [3.8, 4) is 11.5 Å². The van der Waals surface area contributed by atoms with Gasteiger partial charge in [-0.1, -0.05) is 88.2 Å². The van der Waals surface area contributed by atoms with Gasteiger partial charge in [0, 0.05) is 34.3 Å². The number of H-pyrrole nitrogens is 2. The molecule has 2 fully saturated rings. The molecule has 81 heavy (non-hydrogen) atoms. The molecule has 2 aliphatic rings. The lowest BCUT2D eigenvalue weighted by Gasteiger charge is -2.31. The van der Waals surface area contributed by atoms with Crippen LogP contribution < -0.4 is 41.7 Å². The van der Waals surface area contributed by atoms with Crippen LogP contribution in [-0.2, 0) is 56.7 Å². The third-order valence-electron chi connectivity index (χ3n) is 10.8. The quantitative estimate of drug-likeness (QED) is 0.0201. The third-order valence-corrected chi connectivity index (χ3v) is 15.4. The highest BCUT2D eigenvalue weighted by atomic mass is 35.7. The Hall–Kier alpha value is -5.85. The van der Waals surface area contributed by atoms with Crippen LogP contribution in [0, 0.1) is 10.8 Å². The number of aliphatic hydroxyl groups is 5. The number of aromatic nitrogens is 4. The molecule has 2 aromatic carbocycles. The number of hydrogen-bond donors (Lipinski definition) is 9. The third kappa shape index (κ3) is 19.7. The number of esters is 2. The molecule has 0 aliphatic carbocycles. The molecule has 2 aliphatic heterocycles. The van der Waals surface area contributed by atoms with Crippen LogP contribution in [0.1, 0.15) is 67.8 Å². The van der Waals surface area contributed by atoms with Crippen molar-refractivity contribution in [1.29, 1.82) is 0 Å². The van der Waals surface area contributed by atoms with Crippen LogP contribution >= 0.6 is 23.7 Å². The van der Waals surface area contributed by atoms with E-state index in [0.29, 0.717) is 12.4 Å². The maximum absolute atomic E-state index is 12.7. The number of benzene rings is 2. The number of ether oxygens (including phenoxy) is 4. The van der Waals surface area contributed by atoms with E-state index in [4.69, 9.17) is 72.9 Å². The molecule has 9 N–H and O–H groups in total. The van der Waals surface area contributed by atoms with E-state index in [2.05, 4.69) is 30.2 Å². The Morgan fingerprint density at radius 2 is 1.11 bits per heavy atom. The number of halogens is 1. The van der Waals surface area contributed by atoms with Gasteiger partial charge in [-0.05, 0) is 94.9 Å². The van der Waals surface area contributed by atoms with Gasteiger partial charge in [-0.25, -0.2) is 19.8 Å². The fourth-order valence-electron chi connectivity index (χ4n) is 6.80. The molecule has 0 bridgehead atoms. The molecule has 12 atom stereocenters. The predicted molar refractivity (Wildman–Crippen MR) is 298 cm³/mol. The van der Waals surface area contributed by atoms with Gasteiger partial charge in [-0.2, -0.15) is 0 Å². The van der Waals surface area contributed by atoms with Crippen LogP contribution in [0.4, 0.5) is 0 Å². The lowest BCUT2D eigenvalue weighted by molar-refractivity contribution is -0.148. The molecule has 4 aromatic rings. The van der Waals surface area contributed by atoms with E-state index < -0.39 is 120 Å². The second-order valence-corrected chi connectivity index (χ2v) is 28.4. The molecule has 0 spiro atoms. The number of carbonyl (C=O) groups excluding carboxylic acids is 2. The first-order chi connectivity index (χ1) is 37.7. The maximum Gasteiger partial charge on any atom is 0.330 e. The van der Waals surface area contributed by atoms with Gasteiger partial charge in [-0.3, -0.25) is 38.3 Å². The number of hydrogen-bond acceptors (Lipinski definition) is 22. The van der Waals surface area contributed by atoms with E-state index in [0.717, 1.165) is 33.7 Å². The lowest BCUT2D eigenvalue weighted by Crippen LogP contribution is -2.45. The van der Waals surface area contributed by atoms with Crippen LogP contribution in [0.25, 0.3) is 20.9 Å². The highest BCUT2D eigenvalue weighted by Crippen LogP contribution is 2.50. The molecule has 35 heteroatoms. The Balaban J connectivity index is 0.000000289. The molecule has 4 heterocycles. The molecule has 2 unspecified atom stereocenters. The van der Waals surface area contributed by atoms with E-state index in [1.165, 1.54) is 6.92 Å². The summed E-state index contributed by atoms with van der Waals surface area (Å²) >= 11 is 17.0. The van der Waals surface area contributed by atoms with E-state index in [1.54, 1.807) is 49.4 Å². The smallest absolute Gasteiger partial charge is 0.330 e. The van der Waals surface area contributed by atoms with Gasteiger partial charge in [-0.15, -0.1) is 0 Å². The highest BCUT2D eigenvalue weighted by molar-refractivity contribution is 8.23. The summed E-state index contributed by atoms with van der Waals surface area (Å²) in [5.41, 5.74) is 9.75. The summed E-state index contributed by atoms with van der Waals surface area (Å²) in [6.45, 7) is 9.96. The number of aromatic amines is 2. The summed E-state index contributed by atoms with van der Waals surface area (Å²) in [5.74, 6) is -2.99. The summed E-state index contributed by atoms with van der Waals surface area (Å²) in [6.07, 6.45) is -7.97. The lowest BCUT2D eigenvalue weighted by atomic mass is 9.99. The molecule has 0 amide bonds. The average Bonchev–Trinajstić information content (AvgIpc) is 3.77. The van der Waals surface area contributed by atoms with Gasteiger partial charge in [0.15, 0.2) is 12.5 Å². The Morgan fingerprint density at radius 3 is 1.52 bits per heavy atom. The van der Waals surface area contributed by atoms with E-state index in [9.17, 15) is 59.8 Å². The van der Waals surface area contributed by atoms with Crippen molar-refractivity contribution in [3.63, 3.8) is 0 Å². The Bertz CT molecular complexity index is 3230. The van der Waals surface area contributed by atoms with Crippen LogP contribution in [-0.4, -0.2) is 131 Å². The summed E-state index contributed by atoms with van der Waals surface area (Å²) in [5, 5.41) is 62.8. The first-order valence-electron chi connectivity index (χ1n) is 24.1. The van der Waals surface area contributed by atoms with Crippen LogP contribution in [0.2, 0.25) is 0 Å². The van der Waals surface area contributed by atoms with E-state index in [-0.39, 0.29) is 23.2 Å². The second kappa shape index (κ2) is 28.9. The van der Waals surface area contributed by atoms with Gasteiger partial charge in [0.25, 0.3) is 16.9 Å². The molecular formula is C46H63ClN12O18P2S2. The second-order valence-electron chi connectivity index (χ2n) is 20.2. The van der Waals surface area contributed by atoms with Crippen molar-refractivity contribution in [2.45, 2.75) is 116 Å². The summed E-state index contributed by atoms with van der Waals surface area (Å²) in [6, 6.07) is 17.7. The Morgan fingerprint density at radius 1 is 0.716 bits per heavy atom. The first-order valence-corrected chi connectivity index (χ1v) is 30.4. The van der Waals surface area contributed by atoms with Crippen molar-refractivity contribution >= 4 is 59.2 Å². The predicted octanol–water partition coefficient (Wildman–Crippen LogP) is 3.56. The summed E-state index contributed by atoms with van der Waals surface area (Å²) in [7, 11) is 0. The molecule has 30 nitrogen and oxygen atoms in total. The van der Waals surface area contributed by atoms with Gasteiger partial charge in [0.05, 0.1) is 26.4 Å². The van der Waals surface area contributed by atoms with Gasteiger partial charge < -0.3 is 58.1 Å². The largest absolute Gasteiger partial charge is 0.464 e. The van der Waals surface area contributed by atoms with Crippen LogP contribution in [0.3, 0.4) is 0 Å². The number of nitrogens with zero attached hydrogens (tertiary/aromatic N) is 8. The average molecular weight is 1230 g/mol. The van der Waals surface area contributed by atoms with E-state index >= 15 is 0 Å². The fourth-order valence-corrected chi connectivity index (χ4v) is 11.6. The number of aliphatic hydroxyl groups excluding tert-OH is 5. The first kappa shape index (κ1) is 67.7. The Labute approximate surface area is 476 Å². The zero-order valence-electron chi connectivity index (χ0n) is 44.7. The molecule has 2 aromatic heterocycles. The zero-order chi connectivity index (χ0) is 60.7. The molecule has 0 radical (unpaired) electrons. The SMILES string of the molecule is C[C@H](NP(=S)(Cl)Oc1ccccc1)C(=O)OCC(C)(C)C.C[C@H](NP(=S)(OC[C@@]1(N=[N+]=[N-])O[C@@H](n2ccc(=O)[nH]c2=O)[C@H](O)[C@@H]1O)Oc1ccccc1)C(=O)OCC(C)(C)C.[N-]=[N+]=N[C@]1(CO)O[C@@H](n2ccc(=O)[nH]c2=O)[C@H](O)[C@@H]1O. The zero-order valence-corrected chi connectivity index (χ0v) is 48.9. The number of azide groups is 2. The van der Waals surface area contributed by atoms with E-state index in [1.807, 2.05) is 69.7 Å². The fraction of sp³-hybridized carbons (Fsp3) is 0.522. The van der Waals surface area contributed by atoms with Gasteiger partial charge in [0.1, 0.15) is 48.0 Å². The maximum atomic E-state index is 12.7. The van der Waals surface area contributed by atoms with Gasteiger partial charge in [0.2, 0.25) is 11.4 Å². The molecule has 0 saturated carbocycles. The summed E-state index contributed by atoms with van der Waals surface area (Å²) in [4.78, 5) is 79.9. The van der Waals surface area contributed by atoms with Crippen molar-refractivity contribution in [2.24, 2.45) is 21.1 Å². The van der Waals surface area contributed by atoms with Gasteiger partial charge >= 0.3 is 30.0 Å². The normalized spacial score (nSPS) is 24.5. The van der Waals surface area contributed by atoms with Crippen molar-refractivity contribution in [2.75, 3.05) is 26.4 Å².